The average molecular weight is 285 g/mol. The molecule has 0 radical (unpaired) electrons. The molecule has 3 atom stereocenters. The number of amides is 1. The maximum absolute atomic E-state index is 12.1. The van der Waals surface area contributed by atoms with Crippen LogP contribution in [0.25, 0.3) is 0 Å². The standard InChI is InChI=1S/C14H23NO5/c1-14(2,3)20-13(18)15-5-4-9-8-19-11(6-12(16)17)10(9)7-15/h9-11H,4-8H2,1-3H3,(H,16,17)/t9-,10-,11?/m0/s1. The lowest BCUT2D eigenvalue weighted by molar-refractivity contribution is -0.140. The molecule has 0 saturated carbocycles. The van der Waals surface area contributed by atoms with Crippen LogP contribution >= 0.6 is 0 Å². The fourth-order valence-electron chi connectivity index (χ4n) is 2.90. The lowest BCUT2D eigenvalue weighted by atomic mass is 9.84. The SMILES string of the molecule is CC(C)(C)OC(=O)N1CC[C@H]2COC(CC(=O)O)[C@H]2C1. The molecule has 6 nitrogen and oxygen atoms in total. The van der Waals surface area contributed by atoms with Gasteiger partial charge in [-0.1, -0.05) is 0 Å². The van der Waals surface area contributed by atoms with E-state index in [1.165, 1.54) is 0 Å². The van der Waals surface area contributed by atoms with Crippen molar-refractivity contribution >= 4 is 12.1 Å². The van der Waals surface area contributed by atoms with Crippen molar-refractivity contribution in [1.82, 2.24) is 4.90 Å². The monoisotopic (exact) mass is 285 g/mol. The van der Waals surface area contributed by atoms with E-state index < -0.39 is 11.6 Å². The summed E-state index contributed by atoms with van der Waals surface area (Å²) in [4.78, 5) is 24.6. The Kier molecular flexibility index (Phi) is 4.22. The Balaban J connectivity index is 1.96. The van der Waals surface area contributed by atoms with Gasteiger partial charge in [-0.15, -0.1) is 0 Å². The molecule has 20 heavy (non-hydrogen) atoms. The van der Waals surface area contributed by atoms with Gasteiger partial charge in [0.25, 0.3) is 0 Å². The molecule has 1 amide bonds. The molecular formula is C14H23NO5. The van der Waals surface area contributed by atoms with Crippen LogP contribution in [0.15, 0.2) is 0 Å². The van der Waals surface area contributed by atoms with Gasteiger partial charge in [-0.05, 0) is 33.1 Å². The number of aliphatic carboxylic acids is 1. The minimum atomic E-state index is -0.856. The zero-order chi connectivity index (χ0) is 14.9. The second-order valence-electron chi connectivity index (χ2n) is 6.61. The summed E-state index contributed by atoms with van der Waals surface area (Å²) in [5.41, 5.74) is -0.513. The van der Waals surface area contributed by atoms with Crippen molar-refractivity contribution < 1.29 is 24.2 Å². The molecule has 1 N–H and O–H groups in total. The van der Waals surface area contributed by atoms with Crippen LogP contribution in [0.5, 0.6) is 0 Å². The van der Waals surface area contributed by atoms with Gasteiger partial charge in [-0.3, -0.25) is 4.79 Å². The predicted molar refractivity (Wildman–Crippen MR) is 71.4 cm³/mol. The Labute approximate surface area is 119 Å². The number of ether oxygens (including phenoxy) is 2. The highest BCUT2D eigenvalue weighted by atomic mass is 16.6. The van der Waals surface area contributed by atoms with Gasteiger partial charge in [0.05, 0.1) is 19.1 Å². The van der Waals surface area contributed by atoms with Crippen molar-refractivity contribution in [1.29, 1.82) is 0 Å². The zero-order valence-electron chi connectivity index (χ0n) is 12.3. The van der Waals surface area contributed by atoms with Crippen molar-refractivity contribution in [2.45, 2.75) is 45.3 Å². The van der Waals surface area contributed by atoms with Crippen LogP contribution in [0.2, 0.25) is 0 Å². The number of carboxylic acids is 1. The smallest absolute Gasteiger partial charge is 0.410 e. The number of carbonyl (C=O) groups is 2. The first-order chi connectivity index (χ1) is 9.26. The summed E-state index contributed by atoms with van der Waals surface area (Å²) in [7, 11) is 0. The number of nitrogens with zero attached hydrogens (tertiary/aromatic N) is 1. The number of piperidine rings is 1. The summed E-state index contributed by atoms with van der Waals surface area (Å²) in [6, 6.07) is 0. The summed E-state index contributed by atoms with van der Waals surface area (Å²) in [5, 5.41) is 8.91. The summed E-state index contributed by atoms with van der Waals surface area (Å²) >= 11 is 0. The summed E-state index contributed by atoms with van der Waals surface area (Å²) < 4.78 is 11.0. The van der Waals surface area contributed by atoms with E-state index in [-0.39, 0.29) is 24.5 Å². The molecule has 0 spiro atoms. The Morgan fingerprint density at radius 2 is 2.10 bits per heavy atom. The number of hydrogen-bond donors (Lipinski definition) is 1. The molecule has 1 unspecified atom stereocenters. The van der Waals surface area contributed by atoms with Crippen molar-refractivity contribution in [3.63, 3.8) is 0 Å². The molecule has 6 heteroatoms. The van der Waals surface area contributed by atoms with Crippen LogP contribution in [0, 0.1) is 11.8 Å². The van der Waals surface area contributed by atoms with Crippen LogP contribution in [-0.2, 0) is 14.3 Å². The van der Waals surface area contributed by atoms with Gasteiger partial charge >= 0.3 is 12.1 Å². The lowest BCUT2D eigenvalue weighted by Gasteiger charge is -2.36. The first-order valence-electron chi connectivity index (χ1n) is 7.07. The summed E-state index contributed by atoms with van der Waals surface area (Å²) in [6.45, 7) is 7.29. The minimum Gasteiger partial charge on any atom is -0.481 e. The minimum absolute atomic E-state index is 0.00330. The third-order valence-corrected chi connectivity index (χ3v) is 3.84. The molecular weight excluding hydrogens is 262 g/mol. The summed E-state index contributed by atoms with van der Waals surface area (Å²) in [6.07, 6.45) is 0.239. The number of likely N-dealkylation sites (tertiary alicyclic amines) is 1. The van der Waals surface area contributed by atoms with E-state index in [2.05, 4.69) is 0 Å². The average Bonchev–Trinajstić information content (AvgIpc) is 2.69. The Morgan fingerprint density at radius 3 is 2.70 bits per heavy atom. The Morgan fingerprint density at radius 1 is 1.40 bits per heavy atom. The third kappa shape index (κ3) is 3.62. The molecule has 114 valence electrons. The topological polar surface area (TPSA) is 76.1 Å². The van der Waals surface area contributed by atoms with E-state index in [0.29, 0.717) is 25.6 Å². The maximum atomic E-state index is 12.1. The maximum Gasteiger partial charge on any atom is 0.410 e. The van der Waals surface area contributed by atoms with E-state index in [9.17, 15) is 9.59 Å². The number of carboxylic acid groups (broad SMARTS) is 1. The lowest BCUT2D eigenvalue weighted by Crippen LogP contribution is -2.47. The zero-order valence-corrected chi connectivity index (χ0v) is 12.3. The fraction of sp³-hybridized carbons (Fsp3) is 0.857. The molecule has 2 fully saturated rings. The van der Waals surface area contributed by atoms with E-state index >= 15 is 0 Å². The highest BCUT2D eigenvalue weighted by Gasteiger charge is 2.43. The second kappa shape index (κ2) is 5.60. The van der Waals surface area contributed by atoms with Crippen molar-refractivity contribution in [2.24, 2.45) is 11.8 Å². The predicted octanol–water partition coefficient (Wildman–Crippen LogP) is 1.73. The van der Waals surface area contributed by atoms with Crippen LogP contribution in [-0.4, -0.2) is 53.5 Å². The molecule has 2 aliphatic rings. The van der Waals surface area contributed by atoms with Gasteiger partial charge < -0.3 is 19.5 Å². The molecule has 2 heterocycles. The Bertz CT molecular complexity index is 390. The second-order valence-corrected chi connectivity index (χ2v) is 6.61. The van der Waals surface area contributed by atoms with Gasteiger partial charge in [0, 0.05) is 19.0 Å². The van der Waals surface area contributed by atoms with E-state index in [1.54, 1.807) is 4.90 Å². The van der Waals surface area contributed by atoms with Gasteiger partial charge in [-0.2, -0.15) is 0 Å². The van der Waals surface area contributed by atoms with E-state index in [0.717, 1.165) is 6.42 Å². The number of rotatable bonds is 2. The van der Waals surface area contributed by atoms with Crippen LogP contribution in [0.4, 0.5) is 4.79 Å². The largest absolute Gasteiger partial charge is 0.481 e. The van der Waals surface area contributed by atoms with E-state index in [4.69, 9.17) is 14.6 Å². The van der Waals surface area contributed by atoms with Gasteiger partial charge in [0.15, 0.2) is 0 Å². The highest BCUT2D eigenvalue weighted by Crippen LogP contribution is 2.35. The quantitative estimate of drug-likeness (QED) is 0.836. The first kappa shape index (κ1) is 15.1. The number of carbonyl (C=O) groups excluding carboxylic acids is 1. The van der Waals surface area contributed by atoms with Crippen molar-refractivity contribution in [3.8, 4) is 0 Å². The molecule has 2 aliphatic heterocycles. The molecule has 0 aromatic heterocycles. The molecule has 0 bridgehead atoms. The summed E-state index contributed by atoms with van der Waals surface area (Å²) in [5.74, 6) is -0.393. The molecule has 0 aliphatic carbocycles. The van der Waals surface area contributed by atoms with Crippen molar-refractivity contribution in [2.75, 3.05) is 19.7 Å². The number of hydrogen-bond acceptors (Lipinski definition) is 4. The van der Waals surface area contributed by atoms with Crippen LogP contribution in [0.3, 0.4) is 0 Å². The van der Waals surface area contributed by atoms with E-state index in [1.807, 2.05) is 20.8 Å². The molecule has 0 aromatic rings. The van der Waals surface area contributed by atoms with Gasteiger partial charge in [0.1, 0.15) is 5.60 Å². The number of fused-ring (bicyclic) bond motifs is 1. The van der Waals surface area contributed by atoms with Crippen molar-refractivity contribution in [3.05, 3.63) is 0 Å². The fourth-order valence-corrected chi connectivity index (χ4v) is 2.90. The highest BCUT2D eigenvalue weighted by molar-refractivity contribution is 5.69. The molecule has 2 rings (SSSR count). The molecule has 2 saturated heterocycles. The first-order valence-corrected chi connectivity index (χ1v) is 7.07. The van der Waals surface area contributed by atoms with Gasteiger partial charge in [0.2, 0.25) is 0 Å². The van der Waals surface area contributed by atoms with Crippen LogP contribution in [0.1, 0.15) is 33.6 Å². The third-order valence-electron chi connectivity index (χ3n) is 3.84. The Hall–Kier alpha value is -1.30. The van der Waals surface area contributed by atoms with Gasteiger partial charge in [-0.25, -0.2) is 4.79 Å². The molecule has 0 aromatic carbocycles. The normalized spacial score (nSPS) is 29.9. The van der Waals surface area contributed by atoms with Crippen LogP contribution < -0.4 is 0 Å².